The number of benzene rings is 1. The Morgan fingerprint density at radius 2 is 2.19 bits per heavy atom. The van der Waals surface area contributed by atoms with Gasteiger partial charge in [-0.3, -0.25) is 0 Å². The second-order valence-corrected chi connectivity index (χ2v) is 4.41. The highest BCUT2D eigenvalue weighted by atomic mass is 79.9. The fourth-order valence-corrected chi connectivity index (χ4v) is 1.78. The largest absolute Gasteiger partial charge is 0.496 e. The maximum atomic E-state index is 9.25. The summed E-state index contributed by atoms with van der Waals surface area (Å²) in [5, 5.41) is 21.0. The quantitative estimate of drug-likeness (QED) is 0.769. The summed E-state index contributed by atoms with van der Waals surface area (Å²) in [6.07, 6.45) is -0.760. The van der Waals surface area contributed by atoms with E-state index in [9.17, 15) is 5.11 Å². The maximum absolute atomic E-state index is 9.25. The second-order valence-electron chi connectivity index (χ2n) is 3.50. The number of methoxy groups -OCH3 is 1. The minimum absolute atomic E-state index is 0.253. The average Bonchev–Trinajstić information content (AvgIpc) is 2.29. The predicted octanol–water partition coefficient (Wildman–Crippen LogP) is 1.53. The van der Waals surface area contributed by atoms with Crippen molar-refractivity contribution in [3.05, 3.63) is 22.2 Å². The van der Waals surface area contributed by atoms with Crippen LogP contribution in [-0.2, 0) is 0 Å². The third-order valence-corrected chi connectivity index (χ3v) is 2.74. The Hall–Kier alpha value is -0.780. The van der Waals surface area contributed by atoms with E-state index in [0.717, 1.165) is 21.5 Å². The van der Waals surface area contributed by atoms with Gasteiger partial charge in [0.1, 0.15) is 5.75 Å². The molecule has 0 heterocycles. The van der Waals surface area contributed by atoms with Crippen molar-refractivity contribution in [2.45, 2.75) is 13.0 Å². The number of aliphatic hydroxyl groups excluding tert-OH is 2. The van der Waals surface area contributed by atoms with Crippen LogP contribution in [0.25, 0.3) is 0 Å². The number of ether oxygens (including phenoxy) is 1. The zero-order valence-electron chi connectivity index (χ0n) is 9.33. The van der Waals surface area contributed by atoms with Crippen LogP contribution in [0.4, 0.5) is 5.69 Å². The molecule has 0 saturated heterocycles. The molecule has 0 bridgehead atoms. The molecule has 1 rings (SSSR count). The molecule has 4 nitrogen and oxygen atoms in total. The lowest BCUT2D eigenvalue weighted by molar-refractivity contribution is 0.105. The lowest BCUT2D eigenvalue weighted by atomic mass is 10.1. The smallest absolute Gasteiger partial charge is 0.124 e. The molecule has 0 saturated carbocycles. The van der Waals surface area contributed by atoms with Crippen LogP contribution in [0.3, 0.4) is 0 Å². The van der Waals surface area contributed by atoms with Gasteiger partial charge in [0.2, 0.25) is 0 Å². The van der Waals surface area contributed by atoms with E-state index < -0.39 is 6.10 Å². The summed E-state index contributed by atoms with van der Waals surface area (Å²) in [4.78, 5) is 0. The lowest BCUT2D eigenvalue weighted by Crippen LogP contribution is -2.23. The van der Waals surface area contributed by atoms with Gasteiger partial charge in [-0.15, -0.1) is 0 Å². The van der Waals surface area contributed by atoms with Gasteiger partial charge in [0.15, 0.2) is 0 Å². The molecule has 1 atom stereocenters. The van der Waals surface area contributed by atoms with Crippen molar-refractivity contribution in [3.63, 3.8) is 0 Å². The summed E-state index contributed by atoms with van der Waals surface area (Å²) in [5.41, 5.74) is 1.84. The first-order valence-electron chi connectivity index (χ1n) is 4.95. The van der Waals surface area contributed by atoms with E-state index in [0.29, 0.717) is 6.54 Å². The van der Waals surface area contributed by atoms with Gasteiger partial charge in [0, 0.05) is 22.3 Å². The zero-order chi connectivity index (χ0) is 12.1. The molecule has 90 valence electrons. The van der Waals surface area contributed by atoms with Crippen LogP contribution >= 0.6 is 15.9 Å². The van der Waals surface area contributed by atoms with Crippen LogP contribution in [0.5, 0.6) is 5.75 Å². The second kappa shape index (κ2) is 6.08. The number of hydrogen-bond acceptors (Lipinski definition) is 4. The van der Waals surface area contributed by atoms with E-state index in [-0.39, 0.29) is 6.61 Å². The number of aliphatic hydroxyl groups is 2. The number of nitrogens with one attached hydrogen (secondary N) is 1. The van der Waals surface area contributed by atoms with E-state index in [1.807, 2.05) is 19.1 Å². The first-order chi connectivity index (χ1) is 7.58. The standard InChI is InChI=1S/C11H16BrNO3/c1-7-10(13-5-9(15)6-14)3-8(12)4-11(7)16-2/h3-4,9,13-15H,5-6H2,1-2H3. The molecular weight excluding hydrogens is 274 g/mol. The number of rotatable bonds is 5. The Kier molecular flexibility index (Phi) is 5.05. The highest BCUT2D eigenvalue weighted by Crippen LogP contribution is 2.30. The first kappa shape index (κ1) is 13.3. The van der Waals surface area contributed by atoms with Crippen LogP contribution in [0.2, 0.25) is 0 Å². The van der Waals surface area contributed by atoms with Crippen LogP contribution in [0.1, 0.15) is 5.56 Å². The van der Waals surface area contributed by atoms with Crippen LogP contribution in [0, 0.1) is 6.92 Å². The topological polar surface area (TPSA) is 61.7 Å². The molecule has 0 spiro atoms. The lowest BCUT2D eigenvalue weighted by Gasteiger charge is -2.15. The molecule has 0 fully saturated rings. The molecule has 0 aliphatic heterocycles. The molecule has 1 aromatic carbocycles. The van der Waals surface area contributed by atoms with Crippen molar-refractivity contribution in [1.29, 1.82) is 0 Å². The third-order valence-electron chi connectivity index (χ3n) is 2.28. The molecule has 0 amide bonds. The molecule has 16 heavy (non-hydrogen) atoms. The number of halogens is 1. The molecule has 0 aliphatic carbocycles. The van der Waals surface area contributed by atoms with Crippen LogP contribution < -0.4 is 10.1 Å². The molecule has 0 aliphatic rings. The van der Waals surface area contributed by atoms with Gasteiger partial charge in [0.25, 0.3) is 0 Å². The van der Waals surface area contributed by atoms with Crippen molar-refractivity contribution in [1.82, 2.24) is 0 Å². The Bertz CT molecular complexity index is 357. The average molecular weight is 290 g/mol. The monoisotopic (exact) mass is 289 g/mol. The zero-order valence-corrected chi connectivity index (χ0v) is 10.9. The molecule has 0 aromatic heterocycles. The summed E-state index contributed by atoms with van der Waals surface area (Å²) in [6.45, 7) is 1.98. The fourth-order valence-electron chi connectivity index (χ4n) is 1.34. The van der Waals surface area contributed by atoms with Crippen LogP contribution in [0.15, 0.2) is 16.6 Å². The normalized spacial score (nSPS) is 12.3. The molecule has 0 radical (unpaired) electrons. The van der Waals surface area contributed by atoms with Gasteiger partial charge in [-0.05, 0) is 19.1 Å². The highest BCUT2D eigenvalue weighted by Gasteiger charge is 2.08. The van der Waals surface area contributed by atoms with E-state index in [1.165, 1.54) is 0 Å². The molecule has 5 heteroatoms. The van der Waals surface area contributed by atoms with E-state index >= 15 is 0 Å². The van der Waals surface area contributed by atoms with Gasteiger partial charge < -0.3 is 20.3 Å². The minimum Gasteiger partial charge on any atom is -0.496 e. The first-order valence-corrected chi connectivity index (χ1v) is 5.74. The number of anilines is 1. The van der Waals surface area contributed by atoms with Gasteiger partial charge in [-0.1, -0.05) is 15.9 Å². The Balaban J connectivity index is 2.83. The van der Waals surface area contributed by atoms with Crippen molar-refractivity contribution < 1.29 is 14.9 Å². The fraction of sp³-hybridized carbons (Fsp3) is 0.455. The summed E-state index contributed by atoms with van der Waals surface area (Å²) in [5.74, 6) is 0.773. The minimum atomic E-state index is -0.760. The molecule has 1 unspecified atom stereocenters. The Morgan fingerprint density at radius 3 is 2.75 bits per heavy atom. The highest BCUT2D eigenvalue weighted by molar-refractivity contribution is 9.10. The molecular formula is C11H16BrNO3. The summed E-state index contributed by atoms with van der Waals surface area (Å²) in [6, 6.07) is 3.78. The van der Waals surface area contributed by atoms with Crippen molar-refractivity contribution in [2.75, 3.05) is 25.6 Å². The third kappa shape index (κ3) is 3.37. The summed E-state index contributed by atoms with van der Waals surface area (Å²) >= 11 is 3.38. The SMILES string of the molecule is COc1cc(Br)cc(NCC(O)CO)c1C. The van der Waals surface area contributed by atoms with Crippen LogP contribution in [-0.4, -0.2) is 36.6 Å². The Morgan fingerprint density at radius 1 is 1.50 bits per heavy atom. The maximum Gasteiger partial charge on any atom is 0.124 e. The van der Waals surface area contributed by atoms with Gasteiger partial charge in [0.05, 0.1) is 19.8 Å². The van der Waals surface area contributed by atoms with Crippen molar-refractivity contribution in [2.24, 2.45) is 0 Å². The summed E-state index contributed by atoms with van der Waals surface area (Å²) in [7, 11) is 1.61. The number of hydrogen-bond donors (Lipinski definition) is 3. The van der Waals surface area contributed by atoms with Crippen molar-refractivity contribution in [3.8, 4) is 5.75 Å². The van der Waals surface area contributed by atoms with E-state index in [2.05, 4.69) is 21.2 Å². The van der Waals surface area contributed by atoms with Crippen molar-refractivity contribution >= 4 is 21.6 Å². The Labute approximate surface area is 103 Å². The summed E-state index contributed by atoms with van der Waals surface area (Å²) < 4.78 is 6.12. The van der Waals surface area contributed by atoms with Gasteiger partial charge in [-0.25, -0.2) is 0 Å². The van der Waals surface area contributed by atoms with E-state index in [1.54, 1.807) is 7.11 Å². The molecule has 1 aromatic rings. The van der Waals surface area contributed by atoms with E-state index in [4.69, 9.17) is 9.84 Å². The van der Waals surface area contributed by atoms with Gasteiger partial charge in [-0.2, -0.15) is 0 Å². The van der Waals surface area contributed by atoms with Gasteiger partial charge >= 0.3 is 0 Å². The molecule has 3 N–H and O–H groups in total. The predicted molar refractivity (Wildman–Crippen MR) is 67.0 cm³/mol.